The molecule has 1 aliphatic carbocycles. The summed E-state index contributed by atoms with van der Waals surface area (Å²) in [6.07, 6.45) is 4.90. The highest BCUT2D eigenvalue weighted by molar-refractivity contribution is 5.94. The minimum absolute atomic E-state index is 0.0905. The number of aliphatic carboxylic acids is 1. The Bertz CT molecular complexity index is 587. The van der Waals surface area contributed by atoms with Gasteiger partial charge in [0.25, 0.3) is 5.91 Å². The summed E-state index contributed by atoms with van der Waals surface area (Å²) in [4.78, 5) is 30.3. The fraction of sp³-hybridized carbons (Fsp3) is 0.562. The lowest BCUT2D eigenvalue weighted by molar-refractivity contribution is -0.149. The van der Waals surface area contributed by atoms with E-state index in [9.17, 15) is 14.7 Å². The van der Waals surface area contributed by atoms with Crippen LogP contribution in [0.5, 0.6) is 0 Å². The van der Waals surface area contributed by atoms with Crippen molar-refractivity contribution in [3.8, 4) is 0 Å². The first-order valence-electron chi connectivity index (χ1n) is 7.55. The normalized spacial score (nSPS) is 27.7. The number of pyridine rings is 1. The van der Waals surface area contributed by atoms with Gasteiger partial charge in [0.05, 0.1) is 5.41 Å². The van der Waals surface area contributed by atoms with Crippen LogP contribution < -0.4 is 0 Å². The van der Waals surface area contributed by atoms with Crippen molar-refractivity contribution in [2.75, 3.05) is 13.1 Å². The Morgan fingerprint density at radius 2 is 2.33 bits per heavy atom. The Hall–Kier alpha value is -1.91. The van der Waals surface area contributed by atoms with Crippen molar-refractivity contribution in [2.24, 2.45) is 11.3 Å². The highest BCUT2D eigenvalue weighted by Gasteiger charge is 2.56. The molecule has 1 aliphatic heterocycles. The molecular formula is C16H20N2O3. The molecule has 2 atom stereocenters. The number of aromatic nitrogens is 1. The number of carboxylic acids is 1. The molecule has 2 aliphatic rings. The molecule has 2 heterocycles. The molecule has 0 unspecified atom stereocenters. The van der Waals surface area contributed by atoms with E-state index in [0.29, 0.717) is 25.2 Å². The summed E-state index contributed by atoms with van der Waals surface area (Å²) in [7, 11) is 0. The Morgan fingerprint density at radius 3 is 3.00 bits per heavy atom. The number of nitrogens with zero attached hydrogens (tertiary/aromatic N) is 2. The van der Waals surface area contributed by atoms with Gasteiger partial charge >= 0.3 is 5.97 Å². The average molecular weight is 288 g/mol. The number of carboxylic acid groups (broad SMARTS) is 1. The predicted octanol–water partition coefficient (Wildman–Crippen LogP) is 1.97. The Labute approximate surface area is 124 Å². The van der Waals surface area contributed by atoms with E-state index in [-0.39, 0.29) is 11.8 Å². The lowest BCUT2D eigenvalue weighted by atomic mass is 9.81. The minimum atomic E-state index is -0.753. The molecule has 2 fully saturated rings. The zero-order valence-corrected chi connectivity index (χ0v) is 12.2. The van der Waals surface area contributed by atoms with Crippen molar-refractivity contribution in [3.63, 3.8) is 0 Å². The molecule has 1 N–H and O–H groups in total. The lowest BCUT2D eigenvalue weighted by Crippen LogP contribution is -2.37. The van der Waals surface area contributed by atoms with E-state index in [1.165, 1.54) is 0 Å². The summed E-state index contributed by atoms with van der Waals surface area (Å²) < 4.78 is 0. The summed E-state index contributed by atoms with van der Waals surface area (Å²) in [5.41, 5.74) is 0.668. The van der Waals surface area contributed by atoms with Crippen LogP contribution in [0.3, 0.4) is 0 Å². The number of hydrogen-bond acceptors (Lipinski definition) is 3. The van der Waals surface area contributed by atoms with Crippen LogP contribution in [0, 0.1) is 11.3 Å². The zero-order chi connectivity index (χ0) is 15.0. The Morgan fingerprint density at radius 1 is 1.52 bits per heavy atom. The van der Waals surface area contributed by atoms with Gasteiger partial charge in [0.1, 0.15) is 5.69 Å². The summed E-state index contributed by atoms with van der Waals surface area (Å²) >= 11 is 0. The van der Waals surface area contributed by atoms with E-state index >= 15 is 0 Å². The van der Waals surface area contributed by atoms with E-state index in [1.54, 1.807) is 11.1 Å². The molecule has 112 valence electrons. The molecule has 0 aromatic carbocycles. The van der Waals surface area contributed by atoms with Crippen LogP contribution in [0.1, 0.15) is 42.2 Å². The van der Waals surface area contributed by atoms with E-state index in [1.807, 2.05) is 19.1 Å². The smallest absolute Gasteiger partial charge is 0.311 e. The van der Waals surface area contributed by atoms with Crippen LogP contribution in [0.25, 0.3) is 0 Å². The van der Waals surface area contributed by atoms with Gasteiger partial charge in [-0.25, -0.2) is 0 Å². The third kappa shape index (κ3) is 2.11. The van der Waals surface area contributed by atoms with Crippen molar-refractivity contribution < 1.29 is 14.7 Å². The monoisotopic (exact) mass is 288 g/mol. The SMILES string of the molecule is CCc1cccnc1C(=O)N1C[C@@H]2CCC[C@@]2(C(=O)O)C1. The number of rotatable bonds is 3. The third-order valence-electron chi connectivity index (χ3n) is 5.06. The molecule has 0 radical (unpaired) electrons. The highest BCUT2D eigenvalue weighted by Crippen LogP contribution is 2.49. The van der Waals surface area contributed by atoms with E-state index in [0.717, 1.165) is 24.8 Å². The number of aryl methyl sites for hydroxylation is 1. The topological polar surface area (TPSA) is 70.5 Å². The van der Waals surface area contributed by atoms with Crippen molar-refractivity contribution >= 4 is 11.9 Å². The fourth-order valence-corrected chi connectivity index (χ4v) is 3.86. The van der Waals surface area contributed by atoms with E-state index in [4.69, 9.17) is 0 Å². The predicted molar refractivity (Wildman–Crippen MR) is 76.9 cm³/mol. The zero-order valence-electron chi connectivity index (χ0n) is 12.2. The molecule has 5 nitrogen and oxygen atoms in total. The second-order valence-electron chi connectivity index (χ2n) is 6.10. The van der Waals surface area contributed by atoms with Gasteiger partial charge in [0, 0.05) is 19.3 Å². The highest BCUT2D eigenvalue weighted by atomic mass is 16.4. The maximum atomic E-state index is 12.7. The summed E-state index contributed by atoms with van der Waals surface area (Å²) in [5.74, 6) is -0.785. The molecule has 1 saturated carbocycles. The van der Waals surface area contributed by atoms with Crippen molar-refractivity contribution in [2.45, 2.75) is 32.6 Å². The maximum Gasteiger partial charge on any atom is 0.311 e. The standard InChI is InChI=1S/C16H20N2O3/c1-2-11-5-4-8-17-13(11)14(19)18-9-12-6-3-7-16(12,10-18)15(20)21/h4-5,8,12H,2-3,6-7,9-10H2,1H3,(H,20,21)/t12-,16+/m0/s1. The van der Waals surface area contributed by atoms with Crippen LogP contribution in [0.2, 0.25) is 0 Å². The van der Waals surface area contributed by atoms with Gasteiger partial charge in [-0.05, 0) is 36.8 Å². The molecule has 1 aromatic rings. The second kappa shape index (κ2) is 5.13. The van der Waals surface area contributed by atoms with E-state index in [2.05, 4.69) is 4.98 Å². The second-order valence-corrected chi connectivity index (χ2v) is 6.10. The Kier molecular flexibility index (Phi) is 3.43. The van der Waals surface area contributed by atoms with Gasteiger partial charge in [0.2, 0.25) is 0 Å². The van der Waals surface area contributed by atoms with Crippen molar-refractivity contribution in [3.05, 3.63) is 29.6 Å². The van der Waals surface area contributed by atoms with Gasteiger partial charge in [-0.3, -0.25) is 14.6 Å². The van der Waals surface area contributed by atoms with Gasteiger partial charge in [-0.2, -0.15) is 0 Å². The first-order chi connectivity index (χ1) is 10.1. The molecule has 1 amide bonds. The summed E-state index contributed by atoms with van der Waals surface area (Å²) in [5, 5.41) is 9.59. The van der Waals surface area contributed by atoms with Crippen LogP contribution in [-0.2, 0) is 11.2 Å². The van der Waals surface area contributed by atoms with Crippen molar-refractivity contribution in [1.82, 2.24) is 9.88 Å². The molecule has 3 rings (SSSR count). The minimum Gasteiger partial charge on any atom is -0.481 e. The number of likely N-dealkylation sites (tertiary alicyclic amines) is 1. The molecule has 1 aromatic heterocycles. The molecule has 0 bridgehead atoms. The largest absolute Gasteiger partial charge is 0.481 e. The first kappa shape index (κ1) is 14.0. The third-order valence-corrected chi connectivity index (χ3v) is 5.06. The molecular weight excluding hydrogens is 268 g/mol. The summed E-state index contributed by atoms with van der Waals surface area (Å²) in [6.45, 7) is 2.86. The number of carbonyl (C=O) groups excluding carboxylic acids is 1. The van der Waals surface area contributed by atoms with Crippen molar-refractivity contribution in [1.29, 1.82) is 0 Å². The van der Waals surface area contributed by atoms with Crippen LogP contribution in [0.4, 0.5) is 0 Å². The van der Waals surface area contributed by atoms with Crippen LogP contribution in [-0.4, -0.2) is 40.0 Å². The Balaban J connectivity index is 1.86. The maximum absolute atomic E-state index is 12.7. The average Bonchev–Trinajstić information content (AvgIpc) is 3.04. The first-order valence-corrected chi connectivity index (χ1v) is 7.55. The summed E-state index contributed by atoms with van der Waals surface area (Å²) in [6, 6.07) is 3.73. The van der Waals surface area contributed by atoms with E-state index < -0.39 is 11.4 Å². The van der Waals surface area contributed by atoms with Crippen LogP contribution >= 0.6 is 0 Å². The van der Waals surface area contributed by atoms with Crippen LogP contribution in [0.15, 0.2) is 18.3 Å². The quantitative estimate of drug-likeness (QED) is 0.923. The molecule has 5 heteroatoms. The number of amides is 1. The van der Waals surface area contributed by atoms with Gasteiger partial charge in [-0.15, -0.1) is 0 Å². The van der Waals surface area contributed by atoms with Gasteiger partial charge in [0.15, 0.2) is 0 Å². The molecule has 1 saturated heterocycles. The number of fused-ring (bicyclic) bond motifs is 1. The molecule has 0 spiro atoms. The van der Waals surface area contributed by atoms with Gasteiger partial charge < -0.3 is 10.0 Å². The lowest BCUT2D eigenvalue weighted by Gasteiger charge is -2.23. The molecule has 21 heavy (non-hydrogen) atoms. The van der Waals surface area contributed by atoms with Gasteiger partial charge in [-0.1, -0.05) is 19.4 Å². The number of hydrogen-bond donors (Lipinski definition) is 1. The number of carbonyl (C=O) groups is 2. The fourth-order valence-electron chi connectivity index (χ4n) is 3.86.